The van der Waals surface area contributed by atoms with Crippen LogP contribution in [0.3, 0.4) is 0 Å². The third-order valence-corrected chi connectivity index (χ3v) is 3.61. The second-order valence-corrected chi connectivity index (χ2v) is 5.23. The molecule has 0 aliphatic carbocycles. The zero-order valence-electron chi connectivity index (χ0n) is 12.1. The van der Waals surface area contributed by atoms with Gasteiger partial charge in [0.1, 0.15) is 17.5 Å². The Kier molecular flexibility index (Phi) is 4.55. The van der Waals surface area contributed by atoms with Gasteiger partial charge in [0, 0.05) is 44.7 Å². The topological polar surface area (TPSA) is 70.3 Å². The molecule has 2 rings (SSSR count). The van der Waals surface area contributed by atoms with Crippen LogP contribution in [-0.2, 0) is 6.42 Å². The minimum atomic E-state index is 0.500. The highest BCUT2D eigenvalue weighted by Gasteiger charge is 2.21. The SMILES string of the molecule is CCc1nc(N)cc(NCC2CN(C)CCN2C)n1. The number of rotatable bonds is 4. The molecule has 19 heavy (non-hydrogen) atoms. The number of aryl methyl sites for hydroxylation is 1. The lowest BCUT2D eigenvalue weighted by Gasteiger charge is -2.37. The standard InChI is InChI=1S/C13H24N6/c1-4-12-16-11(14)7-13(17-12)15-8-10-9-18(2)5-6-19(10)3/h7,10H,4-6,8-9H2,1-3H3,(H3,14,15,16,17). The summed E-state index contributed by atoms with van der Waals surface area (Å²) in [5.74, 6) is 2.14. The molecular formula is C13H24N6. The molecule has 3 N–H and O–H groups in total. The predicted octanol–water partition coefficient (Wildman–Crippen LogP) is 0.279. The zero-order valence-corrected chi connectivity index (χ0v) is 12.1. The fourth-order valence-corrected chi connectivity index (χ4v) is 2.31. The van der Waals surface area contributed by atoms with Crippen molar-refractivity contribution < 1.29 is 0 Å². The molecule has 6 nitrogen and oxygen atoms in total. The molecule has 1 aliphatic rings. The number of nitrogens with zero attached hydrogens (tertiary/aromatic N) is 4. The van der Waals surface area contributed by atoms with E-state index in [4.69, 9.17) is 5.73 Å². The summed E-state index contributed by atoms with van der Waals surface area (Å²) in [6.07, 6.45) is 0.797. The summed E-state index contributed by atoms with van der Waals surface area (Å²) in [5, 5.41) is 3.38. The summed E-state index contributed by atoms with van der Waals surface area (Å²) in [6, 6.07) is 2.30. The van der Waals surface area contributed by atoms with Gasteiger partial charge < -0.3 is 16.0 Å². The molecule has 0 saturated carbocycles. The van der Waals surface area contributed by atoms with Crippen molar-refractivity contribution in [1.82, 2.24) is 19.8 Å². The van der Waals surface area contributed by atoms with Gasteiger partial charge in [-0.15, -0.1) is 0 Å². The minimum absolute atomic E-state index is 0.500. The number of anilines is 2. The molecule has 0 bridgehead atoms. The highest BCUT2D eigenvalue weighted by molar-refractivity contribution is 5.44. The minimum Gasteiger partial charge on any atom is -0.384 e. The van der Waals surface area contributed by atoms with Crippen molar-refractivity contribution in [3.63, 3.8) is 0 Å². The summed E-state index contributed by atoms with van der Waals surface area (Å²) in [5.41, 5.74) is 5.78. The van der Waals surface area contributed by atoms with Crippen molar-refractivity contribution in [3.05, 3.63) is 11.9 Å². The van der Waals surface area contributed by atoms with E-state index in [9.17, 15) is 0 Å². The van der Waals surface area contributed by atoms with Crippen molar-refractivity contribution in [2.45, 2.75) is 19.4 Å². The van der Waals surface area contributed by atoms with E-state index in [2.05, 4.69) is 39.2 Å². The first-order valence-electron chi connectivity index (χ1n) is 6.84. The van der Waals surface area contributed by atoms with Crippen molar-refractivity contribution in [2.75, 3.05) is 51.3 Å². The molecule has 0 radical (unpaired) electrons. The van der Waals surface area contributed by atoms with Gasteiger partial charge in [-0.05, 0) is 14.1 Å². The first kappa shape index (κ1) is 14.0. The Balaban J connectivity index is 1.96. The van der Waals surface area contributed by atoms with Crippen molar-refractivity contribution in [3.8, 4) is 0 Å². The van der Waals surface area contributed by atoms with Crippen LogP contribution in [0.4, 0.5) is 11.6 Å². The molecule has 1 fully saturated rings. The third kappa shape index (κ3) is 3.78. The van der Waals surface area contributed by atoms with Gasteiger partial charge in [-0.25, -0.2) is 9.97 Å². The van der Waals surface area contributed by atoms with Gasteiger partial charge in [0.15, 0.2) is 0 Å². The van der Waals surface area contributed by atoms with Crippen LogP contribution in [-0.4, -0.2) is 66.1 Å². The quantitative estimate of drug-likeness (QED) is 0.814. The van der Waals surface area contributed by atoms with E-state index in [0.29, 0.717) is 11.9 Å². The molecule has 1 aromatic heterocycles. The molecule has 1 aromatic rings. The van der Waals surface area contributed by atoms with E-state index in [1.165, 1.54) is 0 Å². The fourth-order valence-electron chi connectivity index (χ4n) is 2.31. The number of nitrogens with two attached hydrogens (primary N) is 1. The van der Waals surface area contributed by atoms with E-state index >= 15 is 0 Å². The van der Waals surface area contributed by atoms with Crippen LogP contribution in [0.2, 0.25) is 0 Å². The Morgan fingerprint density at radius 3 is 2.89 bits per heavy atom. The van der Waals surface area contributed by atoms with Gasteiger partial charge in [0.2, 0.25) is 0 Å². The molecule has 1 unspecified atom stereocenters. The smallest absolute Gasteiger partial charge is 0.132 e. The molecular weight excluding hydrogens is 240 g/mol. The van der Waals surface area contributed by atoms with Gasteiger partial charge >= 0.3 is 0 Å². The Labute approximate surface area is 115 Å². The molecule has 0 aromatic carbocycles. The highest BCUT2D eigenvalue weighted by Crippen LogP contribution is 2.11. The lowest BCUT2D eigenvalue weighted by molar-refractivity contribution is 0.122. The average molecular weight is 264 g/mol. The largest absolute Gasteiger partial charge is 0.384 e. The van der Waals surface area contributed by atoms with Crippen LogP contribution in [0.25, 0.3) is 0 Å². The maximum absolute atomic E-state index is 5.78. The van der Waals surface area contributed by atoms with Gasteiger partial charge in [-0.3, -0.25) is 4.90 Å². The second-order valence-electron chi connectivity index (χ2n) is 5.23. The summed E-state index contributed by atoms with van der Waals surface area (Å²) >= 11 is 0. The van der Waals surface area contributed by atoms with E-state index in [0.717, 1.165) is 44.2 Å². The van der Waals surface area contributed by atoms with Crippen LogP contribution in [0.1, 0.15) is 12.7 Å². The molecule has 2 heterocycles. The number of nitrogens with one attached hydrogen (secondary N) is 1. The Morgan fingerprint density at radius 2 is 2.16 bits per heavy atom. The maximum atomic E-state index is 5.78. The average Bonchev–Trinajstić information content (AvgIpc) is 2.39. The van der Waals surface area contributed by atoms with E-state index in [1.54, 1.807) is 6.07 Å². The van der Waals surface area contributed by atoms with Gasteiger partial charge in [0.05, 0.1) is 0 Å². The fraction of sp³-hybridized carbons (Fsp3) is 0.692. The van der Waals surface area contributed by atoms with E-state index < -0.39 is 0 Å². The van der Waals surface area contributed by atoms with Gasteiger partial charge in [0.25, 0.3) is 0 Å². The van der Waals surface area contributed by atoms with Gasteiger partial charge in [-0.2, -0.15) is 0 Å². The molecule has 1 atom stereocenters. The van der Waals surface area contributed by atoms with Crippen LogP contribution in [0.5, 0.6) is 0 Å². The van der Waals surface area contributed by atoms with Crippen LogP contribution in [0, 0.1) is 0 Å². The number of likely N-dealkylation sites (N-methyl/N-ethyl adjacent to an activating group) is 2. The third-order valence-electron chi connectivity index (χ3n) is 3.61. The molecule has 106 valence electrons. The zero-order chi connectivity index (χ0) is 13.8. The summed E-state index contributed by atoms with van der Waals surface area (Å²) in [7, 11) is 4.34. The Hall–Kier alpha value is -1.40. The first-order valence-corrected chi connectivity index (χ1v) is 6.84. The van der Waals surface area contributed by atoms with E-state index in [-0.39, 0.29) is 0 Å². The predicted molar refractivity (Wildman–Crippen MR) is 78.2 cm³/mol. The Bertz CT molecular complexity index is 422. The van der Waals surface area contributed by atoms with Gasteiger partial charge in [-0.1, -0.05) is 6.92 Å². The van der Waals surface area contributed by atoms with Crippen molar-refractivity contribution in [1.29, 1.82) is 0 Å². The maximum Gasteiger partial charge on any atom is 0.132 e. The molecule has 1 aliphatic heterocycles. The number of piperazine rings is 1. The van der Waals surface area contributed by atoms with Crippen molar-refractivity contribution in [2.24, 2.45) is 0 Å². The lowest BCUT2D eigenvalue weighted by Crippen LogP contribution is -2.52. The number of aromatic nitrogens is 2. The van der Waals surface area contributed by atoms with Crippen LogP contribution < -0.4 is 11.1 Å². The van der Waals surface area contributed by atoms with Crippen LogP contribution in [0.15, 0.2) is 6.07 Å². The van der Waals surface area contributed by atoms with Crippen molar-refractivity contribution >= 4 is 11.6 Å². The molecule has 1 saturated heterocycles. The van der Waals surface area contributed by atoms with E-state index in [1.807, 2.05) is 6.92 Å². The summed E-state index contributed by atoms with van der Waals surface area (Å²) in [4.78, 5) is 13.4. The Morgan fingerprint density at radius 1 is 1.37 bits per heavy atom. The summed E-state index contributed by atoms with van der Waals surface area (Å²) in [6.45, 7) is 6.22. The monoisotopic (exact) mass is 264 g/mol. The molecule has 0 amide bonds. The molecule has 6 heteroatoms. The number of nitrogen functional groups attached to an aromatic ring is 1. The number of hydrogen-bond donors (Lipinski definition) is 2. The summed E-state index contributed by atoms with van der Waals surface area (Å²) < 4.78 is 0. The first-order chi connectivity index (χ1) is 9.08. The normalized spacial score (nSPS) is 21.5. The lowest BCUT2D eigenvalue weighted by atomic mass is 10.2. The highest BCUT2D eigenvalue weighted by atomic mass is 15.3. The second kappa shape index (κ2) is 6.16. The van der Waals surface area contributed by atoms with Crippen LogP contribution >= 0.6 is 0 Å². The number of hydrogen-bond acceptors (Lipinski definition) is 6. The molecule has 0 spiro atoms.